The molecule has 1 atom stereocenters. The first-order chi connectivity index (χ1) is 6.56. The van der Waals surface area contributed by atoms with Crippen molar-refractivity contribution < 1.29 is 9.90 Å². The molecule has 14 heavy (non-hydrogen) atoms. The predicted octanol–water partition coefficient (Wildman–Crippen LogP) is 0.548. The molecule has 0 aliphatic heterocycles. The molecule has 1 rings (SSSR count). The topological polar surface area (TPSA) is 102 Å². The van der Waals surface area contributed by atoms with Gasteiger partial charge >= 0.3 is 5.97 Å². The number of nitrogen functional groups attached to an aromatic ring is 1. The largest absolute Gasteiger partial charge is 0.478 e. The highest BCUT2D eigenvalue weighted by molar-refractivity contribution is 5.87. The summed E-state index contributed by atoms with van der Waals surface area (Å²) in [7, 11) is 0. The summed E-state index contributed by atoms with van der Waals surface area (Å²) >= 11 is 0. The zero-order chi connectivity index (χ0) is 10.7. The summed E-state index contributed by atoms with van der Waals surface area (Å²) in [5.41, 5.74) is 11.7. The molecule has 5 N–H and O–H groups in total. The van der Waals surface area contributed by atoms with E-state index in [0.29, 0.717) is 5.56 Å². The quantitative estimate of drug-likeness (QED) is 0.608. The summed E-state index contributed by atoms with van der Waals surface area (Å²) in [5, 5.41) is 8.71. The first kappa shape index (κ1) is 10.2. The predicted molar refractivity (Wildman–Crippen MR) is 52.7 cm³/mol. The Morgan fingerprint density at radius 3 is 2.86 bits per heavy atom. The summed E-state index contributed by atoms with van der Waals surface area (Å²) in [6, 6.07) is 0.901. The van der Waals surface area contributed by atoms with Crippen molar-refractivity contribution in [3.8, 4) is 0 Å². The van der Waals surface area contributed by atoms with E-state index in [-0.39, 0.29) is 11.4 Å². The fourth-order valence-electron chi connectivity index (χ4n) is 1.00. The van der Waals surface area contributed by atoms with Crippen molar-refractivity contribution in [2.45, 2.75) is 6.04 Å². The Balaban J connectivity index is 3.20. The number of nitrogens with two attached hydrogens (primary N) is 2. The Bertz CT molecular complexity index is 376. The number of nitrogens with zero attached hydrogens (tertiary/aromatic N) is 1. The maximum Gasteiger partial charge on any atom is 0.337 e. The molecule has 0 aliphatic carbocycles. The van der Waals surface area contributed by atoms with Crippen LogP contribution in [-0.4, -0.2) is 16.1 Å². The number of carbonyl (C=O) groups is 1. The van der Waals surface area contributed by atoms with Gasteiger partial charge in [-0.2, -0.15) is 0 Å². The Hall–Kier alpha value is -1.88. The molecule has 0 fully saturated rings. The van der Waals surface area contributed by atoms with Gasteiger partial charge in [-0.15, -0.1) is 6.58 Å². The summed E-state index contributed by atoms with van der Waals surface area (Å²) < 4.78 is 0. The minimum atomic E-state index is -1.06. The van der Waals surface area contributed by atoms with Crippen molar-refractivity contribution >= 4 is 11.8 Å². The normalized spacial score (nSPS) is 12.1. The molecule has 1 heterocycles. The first-order valence-corrected chi connectivity index (χ1v) is 3.93. The molecule has 1 aromatic heterocycles. The molecule has 74 valence electrons. The second kappa shape index (κ2) is 3.89. The van der Waals surface area contributed by atoms with Crippen LogP contribution in [0.2, 0.25) is 0 Å². The molecule has 1 unspecified atom stereocenters. The van der Waals surface area contributed by atoms with E-state index in [1.54, 1.807) is 0 Å². The zero-order valence-corrected chi connectivity index (χ0v) is 7.47. The van der Waals surface area contributed by atoms with Crippen LogP contribution in [0.5, 0.6) is 0 Å². The molecule has 5 heteroatoms. The van der Waals surface area contributed by atoms with Crippen LogP contribution in [0.3, 0.4) is 0 Å². The number of pyridine rings is 1. The van der Waals surface area contributed by atoms with E-state index in [2.05, 4.69) is 11.6 Å². The molecule has 0 saturated heterocycles. The highest BCUT2D eigenvalue weighted by atomic mass is 16.4. The zero-order valence-electron chi connectivity index (χ0n) is 7.47. The fourth-order valence-corrected chi connectivity index (χ4v) is 1.00. The molecule has 1 aromatic rings. The standard InChI is InChI=1S/C9H11N3O2/c1-2-7(10)6-3-5(9(13)14)4-12-8(6)11/h2-4,7H,1,10H2,(H2,11,12)(H,13,14). The maximum atomic E-state index is 10.6. The second-order valence-electron chi connectivity index (χ2n) is 2.77. The maximum absolute atomic E-state index is 10.6. The van der Waals surface area contributed by atoms with Crippen molar-refractivity contribution in [3.05, 3.63) is 36.0 Å². The third-order valence-corrected chi connectivity index (χ3v) is 1.81. The molecule has 0 saturated carbocycles. The van der Waals surface area contributed by atoms with Gasteiger partial charge in [0.2, 0.25) is 0 Å². The van der Waals surface area contributed by atoms with Crippen molar-refractivity contribution in [2.75, 3.05) is 5.73 Å². The minimum absolute atomic E-state index is 0.0616. The molecular formula is C9H11N3O2. The van der Waals surface area contributed by atoms with Crippen LogP contribution in [0.1, 0.15) is 22.0 Å². The minimum Gasteiger partial charge on any atom is -0.478 e. The van der Waals surface area contributed by atoms with Crippen molar-refractivity contribution in [2.24, 2.45) is 5.73 Å². The summed E-state index contributed by atoms with van der Waals surface area (Å²) in [4.78, 5) is 14.4. The number of hydrogen-bond donors (Lipinski definition) is 3. The lowest BCUT2D eigenvalue weighted by atomic mass is 10.1. The van der Waals surface area contributed by atoms with Crippen LogP contribution in [0.15, 0.2) is 24.9 Å². The van der Waals surface area contributed by atoms with Gasteiger partial charge in [-0.1, -0.05) is 6.08 Å². The van der Waals surface area contributed by atoms with Gasteiger partial charge in [0.1, 0.15) is 5.82 Å². The van der Waals surface area contributed by atoms with Gasteiger partial charge in [0.25, 0.3) is 0 Å². The van der Waals surface area contributed by atoms with E-state index in [9.17, 15) is 4.79 Å². The molecule has 0 amide bonds. The SMILES string of the molecule is C=CC(N)c1cc(C(=O)O)cnc1N. The Morgan fingerprint density at radius 2 is 2.36 bits per heavy atom. The average molecular weight is 193 g/mol. The smallest absolute Gasteiger partial charge is 0.337 e. The fraction of sp³-hybridized carbons (Fsp3) is 0.111. The van der Waals surface area contributed by atoms with Gasteiger partial charge in [0, 0.05) is 11.8 Å². The molecule has 0 spiro atoms. The van der Waals surface area contributed by atoms with Gasteiger partial charge < -0.3 is 16.6 Å². The number of aromatic nitrogens is 1. The molecular weight excluding hydrogens is 182 g/mol. The van der Waals surface area contributed by atoms with Crippen LogP contribution < -0.4 is 11.5 Å². The van der Waals surface area contributed by atoms with E-state index in [4.69, 9.17) is 16.6 Å². The highest BCUT2D eigenvalue weighted by Gasteiger charge is 2.11. The number of carboxylic acids is 1. The molecule has 0 aromatic carbocycles. The Labute approximate surface area is 81.1 Å². The monoisotopic (exact) mass is 193 g/mol. The van der Waals surface area contributed by atoms with Gasteiger partial charge in [0.15, 0.2) is 0 Å². The van der Waals surface area contributed by atoms with Gasteiger partial charge in [-0.3, -0.25) is 0 Å². The number of aromatic carboxylic acids is 1. The van der Waals surface area contributed by atoms with E-state index in [1.165, 1.54) is 18.3 Å². The van der Waals surface area contributed by atoms with E-state index >= 15 is 0 Å². The van der Waals surface area contributed by atoms with Gasteiger partial charge in [-0.05, 0) is 6.07 Å². The van der Waals surface area contributed by atoms with Crippen molar-refractivity contribution in [1.29, 1.82) is 0 Å². The van der Waals surface area contributed by atoms with E-state index in [1.807, 2.05) is 0 Å². The third-order valence-electron chi connectivity index (χ3n) is 1.81. The third kappa shape index (κ3) is 1.89. The number of hydrogen-bond acceptors (Lipinski definition) is 4. The lowest BCUT2D eigenvalue weighted by Gasteiger charge is -2.09. The average Bonchev–Trinajstić information content (AvgIpc) is 2.17. The number of carboxylic acid groups (broad SMARTS) is 1. The van der Waals surface area contributed by atoms with Crippen molar-refractivity contribution in [3.63, 3.8) is 0 Å². The van der Waals surface area contributed by atoms with E-state index in [0.717, 1.165) is 0 Å². The number of anilines is 1. The highest BCUT2D eigenvalue weighted by Crippen LogP contribution is 2.18. The van der Waals surface area contributed by atoms with Gasteiger partial charge in [-0.25, -0.2) is 9.78 Å². The van der Waals surface area contributed by atoms with E-state index < -0.39 is 12.0 Å². The number of rotatable bonds is 3. The van der Waals surface area contributed by atoms with Crippen molar-refractivity contribution in [1.82, 2.24) is 4.98 Å². The molecule has 0 bridgehead atoms. The summed E-state index contributed by atoms with van der Waals surface area (Å²) in [5.74, 6) is -0.836. The van der Waals surface area contributed by atoms with Crippen LogP contribution in [-0.2, 0) is 0 Å². The molecule has 0 aliphatic rings. The molecule has 0 radical (unpaired) electrons. The van der Waals surface area contributed by atoms with Gasteiger partial charge in [0.05, 0.1) is 11.6 Å². The van der Waals surface area contributed by atoms with Crippen LogP contribution in [0.4, 0.5) is 5.82 Å². The second-order valence-corrected chi connectivity index (χ2v) is 2.77. The lowest BCUT2D eigenvalue weighted by Crippen LogP contribution is -2.12. The first-order valence-electron chi connectivity index (χ1n) is 3.93. The summed E-state index contributed by atoms with van der Waals surface area (Å²) in [6.45, 7) is 3.50. The van der Waals surface area contributed by atoms with Crippen LogP contribution in [0, 0.1) is 0 Å². The molecule has 5 nitrogen and oxygen atoms in total. The van der Waals surface area contributed by atoms with Crippen LogP contribution in [0.25, 0.3) is 0 Å². The summed E-state index contributed by atoms with van der Waals surface area (Å²) in [6.07, 6.45) is 2.66. The van der Waals surface area contributed by atoms with Crippen LogP contribution >= 0.6 is 0 Å². The lowest BCUT2D eigenvalue weighted by molar-refractivity contribution is 0.0696. The Kier molecular flexibility index (Phi) is 2.83. The Morgan fingerprint density at radius 1 is 1.71 bits per heavy atom.